The van der Waals surface area contributed by atoms with Crippen LogP contribution in [0.15, 0.2) is 54.2 Å². The van der Waals surface area contributed by atoms with Gasteiger partial charge in [0.05, 0.1) is 11.9 Å². The fourth-order valence-electron chi connectivity index (χ4n) is 4.39. The van der Waals surface area contributed by atoms with Crippen LogP contribution < -0.4 is 10.6 Å². The molecule has 0 bridgehead atoms. The minimum absolute atomic E-state index is 0.0258. The number of aliphatic hydroxyl groups excluding tert-OH is 1. The molecular formula is C29H40ClN3O5S. The number of rotatable bonds is 13. The maximum absolute atomic E-state index is 13.8. The minimum atomic E-state index is -1.63. The van der Waals surface area contributed by atoms with Crippen LogP contribution in [-0.2, 0) is 9.59 Å². The number of aliphatic hydroxyl groups is 1. The number of aromatic hydroxyl groups is 1. The highest BCUT2D eigenvalue weighted by atomic mass is 35.5. The summed E-state index contributed by atoms with van der Waals surface area (Å²) in [5, 5.41) is 27.1. The van der Waals surface area contributed by atoms with Gasteiger partial charge >= 0.3 is 0 Å². The Kier molecular flexibility index (Phi) is 13.6. The van der Waals surface area contributed by atoms with E-state index in [1.165, 1.54) is 22.7 Å². The molecule has 0 saturated carbocycles. The van der Waals surface area contributed by atoms with E-state index in [1.807, 2.05) is 50.5 Å². The summed E-state index contributed by atoms with van der Waals surface area (Å²) in [7, 11) is 0. The van der Waals surface area contributed by atoms with Crippen molar-refractivity contribution in [2.75, 3.05) is 24.6 Å². The molecule has 39 heavy (non-hydrogen) atoms. The molecule has 1 aromatic carbocycles. The summed E-state index contributed by atoms with van der Waals surface area (Å²) in [4.78, 5) is 41.5. The standard InChI is InChI=1S/C29H40ClN3O5S/c1-19(2)25(28(37)31-16-15-30)33(18-39-4)29(38)26(35)23(17-21-11-8-6-5-7-9-12-21)32-27(36)22-13-10-14-24(34)20(22)3/h5-6,8,10-14,19,23,25-26,34-35H,7,9,15-18H2,1-4H3,(H,31,37)(H,32,36)/b6-5+,11-8-,21-12+/t23?,25-,26?/m0/s1. The first-order valence-corrected chi connectivity index (χ1v) is 15.0. The molecule has 2 unspecified atom stereocenters. The highest BCUT2D eigenvalue weighted by Gasteiger charge is 2.38. The van der Waals surface area contributed by atoms with Crippen LogP contribution in [0.2, 0.25) is 0 Å². The van der Waals surface area contributed by atoms with Crippen LogP contribution in [0.25, 0.3) is 0 Å². The Morgan fingerprint density at radius 2 is 1.92 bits per heavy atom. The Morgan fingerprint density at radius 1 is 1.18 bits per heavy atom. The number of phenolic OH excluding ortho intramolecular Hbond substituents is 1. The summed E-state index contributed by atoms with van der Waals surface area (Å²) < 4.78 is 0. The van der Waals surface area contributed by atoms with Gasteiger partial charge in [0.1, 0.15) is 11.8 Å². The lowest BCUT2D eigenvalue weighted by Gasteiger charge is -2.36. The number of alkyl halides is 1. The molecule has 0 aromatic heterocycles. The number of phenols is 1. The van der Waals surface area contributed by atoms with E-state index in [1.54, 1.807) is 19.1 Å². The van der Waals surface area contributed by atoms with Gasteiger partial charge in [-0.1, -0.05) is 50.3 Å². The molecule has 8 nitrogen and oxygen atoms in total. The number of hydrogen-bond donors (Lipinski definition) is 4. The predicted molar refractivity (Wildman–Crippen MR) is 158 cm³/mol. The number of carbonyl (C=O) groups is 3. The Morgan fingerprint density at radius 3 is 2.59 bits per heavy atom. The van der Waals surface area contributed by atoms with Crippen LogP contribution in [0, 0.1) is 12.8 Å². The molecule has 3 atom stereocenters. The average Bonchev–Trinajstić information content (AvgIpc) is 2.88. The molecule has 10 heteroatoms. The van der Waals surface area contributed by atoms with Crippen LogP contribution in [0.4, 0.5) is 0 Å². The van der Waals surface area contributed by atoms with Crippen LogP contribution in [-0.4, -0.2) is 75.6 Å². The average molecular weight is 578 g/mol. The number of nitrogens with one attached hydrogen (secondary N) is 2. The molecule has 0 saturated heterocycles. The highest BCUT2D eigenvalue weighted by Crippen LogP contribution is 2.23. The Balaban J connectivity index is 2.43. The van der Waals surface area contributed by atoms with Crippen molar-refractivity contribution < 1.29 is 24.6 Å². The molecule has 0 heterocycles. The number of carbonyl (C=O) groups excluding carboxylic acids is 3. The molecule has 1 aliphatic rings. The van der Waals surface area contributed by atoms with E-state index in [4.69, 9.17) is 11.6 Å². The van der Waals surface area contributed by atoms with E-state index in [0.717, 1.165) is 18.4 Å². The second-order valence-corrected chi connectivity index (χ2v) is 10.9. The lowest BCUT2D eigenvalue weighted by molar-refractivity contribution is -0.148. The van der Waals surface area contributed by atoms with Crippen molar-refractivity contribution in [2.24, 2.45) is 5.92 Å². The van der Waals surface area contributed by atoms with E-state index < -0.39 is 30.0 Å². The van der Waals surface area contributed by atoms with Crippen molar-refractivity contribution in [3.63, 3.8) is 0 Å². The third-order valence-corrected chi connectivity index (χ3v) is 7.16. The SMILES string of the molecule is CSCN(C(=O)C(O)C(CC1=C/CC/C=C/C=C\1)NC(=O)c1cccc(O)c1C)[C@H](C(=O)NCCCl)C(C)C. The van der Waals surface area contributed by atoms with Gasteiger partial charge in [0.15, 0.2) is 6.10 Å². The number of nitrogens with zero attached hydrogens (tertiary/aromatic N) is 1. The van der Waals surface area contributed by atoms with Crippen molar-refractivity contribution >= 4 is 41.1 Å². The quantitative estimate of drug-likeness (QED) is 0.208. The van der Waals surface area contributed by atoms with Gasteiger partial charge in [-0.3, -0.25) is 14.4 Å². The summed E-state index contributed by atoms with van der Waals surface area (Å²) >= 11 is 7.10. The maximum atomic E-state index is 13.8. The van der Waals surface area contributed by atoms with E-state index in [0.29, 0.717) is 5.56 Å². The molecule has 0 aliphatic heterocycles. The van der Waals surface area contributed by atoms with Crippen LogP contribution in [0.1, 0.15) is 49.0 Å². The molecule has 0 spiro atoms. The van der Waals surface area contributed by atoms with Gasteiger partial charge in [-0.05, 0) is 56.1 Å². The van der Waals surface area contributed by atoms with Gasteiger partial charge in [-0.2, -0.15) is 0 Å². The van der Waals surface area contributed by atoms with Crippen molar-refractivity contribution in [1.82, 2.24) is 15.5 Å². The number of amides is 3. The van der Waals surface area contributed by atoms with E-state index in [-0.39, 0.29) is 47.9 Å². The van der Waals surface area contributed by atoms with Crippen LogP contribution in [0.5, 0.6) is 5.75 Å². The first-order chi connectivity index (χ1) is 18.6. The second kappa shape index (κ2) is 16.4. The third-order valence-electron chi connectivity index (χ3n) is 6.43. The molecular weight excluding hydrogens is 538 g/mol. The van der Waals surface area contributed by atoms with Gasteiger partial charge in [0, 0.05) is 23.6 Å². The Labute approximate surface area is 240 Å². The van der Waals surface area contributed by atoms with Gasteiger partial charge in [0.2, 0.25) is 5.91 Å². The number of benzene rings is 1. The number of halogens is 1. The first kappa shape index (κ1) is 32.5. The van der Waals surface area contributed by atoms with Gasteiger partial charge < -0.3 is 25.7 Å². The molecule has 1 aromatic rings. The molecule has 2 rings (SSSR count). The molecule has 0 radical (unpaired) electrons. The molecule has 0 fully saturated rings. The smallest absolute Gasteiger partial charge is 0.254 e. The molecule has 214 valence electrons. The number of thioether (sulfide) groups is 1. The zero-order valence-electron chi connectivity index (χ0n) is 23.0. The van der Waals surface area contributed by atoms with Crippen LogP contribution in [0.3, 0.4) is 0 Å². The van der Waals surface area contributed by atoms with E-state index in [9.17, 15) is 24.6 Å². The lowest BCUT2D eigenvalue weighted by Crippen LogP contribution is -2.58. The topological polar surface area (TPSA) is 119 Å². The van der Waals surface area contributed by atoms with Crippen molar-refractivity contribution in [3.05, 3.63) is 65.3 Å². The zero-order chi connectivity index (χ0) is 28.9. The van der Waals surface area contributed by atoms with Gasteiger partial charge in [0.25, 0.3) is 11.8 Å². The normalized spacial score (nSPS) is 18.5. The third kappa shape index (κ3) is 9.44. The lowest BCUT2D eigenvalue weighted by atomic mass is 9.95. The molecule has 4 N–H and O–H groups in total. The van der Waals surface area contributed by atoms with Gasteiger partial charge in [-0.15, -0.1) is 23.4 Å². The highest BCUT2D eigenvalue weighted by molar-refractivity contribution is 7.98. The fourth-order valence-corrected chi connectivity index (χ4v) is 5.05. The number of hydrogen-bond acceptors (Lipinski definition) is 6. The Bertz CT molecular complexity index is 1090. The monoisotopic (exact) mass is 577 g/mol. The molecule has 1 aliphatic carbocycles. The Hall–Kier alpha value is -2.75. The largest absolute Gasteiger partial charge is 0.508 e. The van der Waals surface area contributed by atoms with Crippen molar-refractivity contribution in [2.45, 2.75) is 58.2 Å². The fraction of sp³-hybridized carbons (Fsp3) is 0.483. The summed E-state index contributed by atoms with van der Waals surface area (Å²) in [6.45, 7) is 5.55. The summed E-state index contributed by atoms with van der Waals surface area (Å²) in [5.74, 6) is -1.39. The first-order valence-electron chi connectivity index (χ1n) is 13.0. The summed E-state index contributed by atoms with van der Waals surface area (Å²) in [5.41, 5.74) is 1.50. The van der Waals surface area contributed by atoms with Gasteiger partial charge in [-0.25, -0.2) is 0 Å². The summed E-state index contributed by atoms with van der Waals surface area (Å²) in [6.07, 6.45) is 11.8. The maximum Gasteiger partial charge on any atom is 0.254 e. The van der Waals surface area contributed by atoms with Crippen molar-refractivity contribution in [1.29, 1.82) is 0 Å². The van der Waals surface area contributed by atoms with E-state index in [2.05, 4.69) is 10.6 Å². The predicted octanol–water partition coefficient (Wildman–Crippen LogP) is 3.91. The van der Waals surface area contributed by atoms with Crippen LogP contribution >= 0.6 is 23.4 Å². The van der Waals surface area contributed by atoms with Crippen molar-refractivity contribution in [3.8, 4) is 5.75 Å². The summed E-state index contributed by atoms with van der Waals surface area (Å²) in [6, 6.07) is 2.80. The van der Waals surface area contributed by atoms with E-state index >= 15 is 0 Å². The zero-order valence-corrected chi connectivity index (χ0v) is 24.6. The number of allylic oxidation sites excluding steroid dienone is 5. The second-order valence-electron chi connectivity index (χ2n) is 9.72. The minimum Gasteiger partial charge on any atom is -0.508 e. The molecule has 3 amide bonds.